The third-order valence-corrected chi connectivity index (χ3v) is 3.75. The molecule has 1 aromatic carbocycles. The van der Waals surface area contributed by atoms with Gasteiger partial charge in [0.2, 0.25) is 0 Å². The number of hydrogen-bond acceptors (Lipinski definition) is 5. The van der Waals surface area contributed by atoms with Crippen molar-refractivity contribution in [2.75, 3.05) is 19.7 Å². The summed E-state index contributed by atoms with van der Waals surface area (Å²) in [6, 6.07) is 9.37. The van der Waals surface area contributed by atoms with Crippen LogP contribution in [-0.2, 0) is 6.42 Å². The summed E-state index contributed by atoms with van der Waals surface area (Å²) in [4.78, 5) is 1.83. The van der Waals surface area contributed by atoms with Gasteiger partial charge in [0, 0.05) is 13.1 Å². The molecule has 0 spiro atoms. The molecule has 5 heteroatoms. The van der Waals surface area contributed by atoms with E-state index in [0.29, 0.717) is 6.54 Å². The second-order valence-corrected chi connectivity index (χ2v) is 5.03. The molecule has 1 aliphatic heterocycles. The number of aliphatic hydroxyl groups excluding tert-OH is 4. The Labute approximate surface area is 112 Å². The summed E-state index contributed by atoms with van der Waals surface area (Å²) in [5, 5.41) is 38.5. The van der Waals surface area contributed by atoms with Gasteiger partial charge in [0.1, 0.15) is 12.2 Å². The predicted molar refractivity (Wildman–Crippen MR) is 70.6 cm³/mol. The maximum absolute atomic E-state index is 9.86. The van der Waals surface area contributed by atoms with E-state index >= 15 is 0 Å². The Kier molecular flexibility index (Phi) is 4.90. The van der Waals surface area contributed by atoms with Crippen LogP contribution in [0.1, 0.15) is 5.56 Å². The zero-order valence-corrected chi connectivity index (χ0v) is 10.8. The summed E-state index contributed by atoms with van der Waals surface area (Å²) in [5.74, 6) is 0. The number of rotatable bonds is 4. The molecule has 2 rings (SSSR count). The Hall–Kier alpha value is -0.980. The zero-order chi connectivity index (χ0) is 13.8. The van der Waals surface area contributed by atoms with E-state index in [0.717, 1.165) is 12.0 Å². The quantitative estimate of drug-likeness (QED) is 0.562. The number of hydrogen-bond donors (Lipinski definition) is 4. The minimum atomic E-state index is -1.19. The molecule has 1 aromatic rings. The lowest BCUT2D eigenvalue weighted by atomic mass is 9.94. The van der Waals surface area contributed by atoms with Crippen molar-refractivity contribution in [2.24, 2.45) is 0 Å². The first-order valence-corrected chi connectivity index (χ1v) is 6.56. The summed E-state index contributed by atoms with van der Waals surface area (Å²) >= 11 is 0. The number of nitrogens with zero attached hydrogens (tertiary/aromatic N) is 1. The van der Waals surface area contributed by atoms with E-state index in [1.54, 1.807) is 0 Å². The Bertz CT molecular complexity index is 386. The highest BCUT2D eigenvalue weighted by Crippen LogP contribution is 2.19. The van der Waals surface area contributed by atoms with Gasteiger partial charge in [-0.3, -0.25) is 4.90 Å². The van der Waals surface area contributed by atoms with Gasteiger partial charge in [0.25, 0.3) is 0 Å². The van der Waals surface area contributed by atoms with Crippen molar-refractivity contribution in [1.29, 1.82) is 0 Å². The number of aliphatic hydroxyl groups is 4. The van der Waals surface area contributed by atoms with Crippen LogP contribution in [0.4, 0.5) is 0 Å². The highest BCUT2D eigenvalue weighted by atomic mass is 16.4. The van der Waals surface area contributed by atoms with E-state index in [2.05, 4.69) is 0 Å². The summed E-state index contributed by atoms with van der Waals surface area (Å²) in [6.45, 7) is 0.645. The SMILES string of the molecule is OC[C@@H]1[C@@H](O)[C@H](O)[C@@H](O)CN1CCc1ccccc1. The van der Waals surface area contributed by atoms with Crippen LogP contribution in [0.2, 0.25) is 0 Å². The molecule has 0 saturated carbocycles. The fourth-order valence-corrected chi connectivity index (χ4v) is 2.55. The van der Waals surface area contributed by atoms with Gasteiger partial charge >= 0.3 is 0 Å². The molecule has 1 aliphatic rings. The Morgan fingerprint density at radius 2 is 1.74 bits per heavy atom. The van der Waals surface area contributed by atoms with Gasteiger partial charge in [-0.2, -0.15) is 0 Å². The molecule has 1 saturated heterocycles. The number of benzene rings is 1. The van der Waals surface area contributed by atoms with Gasteiger partial charge in [0.05, 0.1) is 18.8 Å². The van der Waals surface area contributed by atoms with E-state index in [1.807, 2.05) is 35.2 Å². The molecule has 5 nitrogen and oxygen atoms in total. The third-order valence-electron chi connectivity index (χ3n) is 3.75. The van der Waals surface area contributed by atoms with Crippen molar-refractivity contribution in [2.45, 2.75) is 30.8 Å². The maximum Gasteiger partial charge on any atom is 0.109 e. The second kappa shape index (κ2) is 6.45. The first-order chi connectivity index (χ1) is 9.13. The molecule has 0 radical (unpaired) electrons. The fraction of sp³-hybridized carbons (Fsp3) is 0.571. The van der Waals surface area contributed by atoms with E-state index in [-0.39, 0.29) is 13.2 Å². The molecule has 4 N–H and O–H groups in total. The second-order valence-electron chi connectivity index (χ2n) is 5.03. The molecular weight excluding hydrogens is 246 g/mol. The van der Waals surface area contributed by atoms with Gasteiger partial charge < -0.3 is 20.4 Å². The molecule has 19 heavy (non-hydrogen) atoms. The van der Waals surface area contributed by atoms with Crippen LogP contribution in [0, 0.1) is 0 Å². The van der Waals surface area contributed by atoms with Gasteiger partial charge in [0.15, 0.2) is 0 Å². The highest BCUT2D eigenvalue weighted by Gasteiger charge is 2.40. The number of β-amino-alcohol motifs (C(OH)–C–C–N with tert-alkyl or cyclic N) is 1. The third kappa shape index (κ3) is 3.32. The van der Waals surface area contributed by atoms with Gasteiger partial charge in [-0.05, 0) is 12.0 Å². The first-order valence-electron chi connectivity index (χ1n) is 6.56. The highest BCUT2D eigenvalue weighted by molar-refractivity contribution is 5.15. The lowest BCUT2D eigenvalue weighted by Crippen LogP contribution is -2.62. The minimum Gasteiger partial charge on any atom is -0.395 e. The van der Waals surface area contributed by atoms with Crippen LogP contribution in [-0.4, -0.2) is 69.4 Å². The van der Waals surface area contributed by atoms with Crippen molar-refractivity contribution >= 4 is 0 Å². The Balaban J connectivity index is 1.98. The maximum atomic E-state index is 9.86. The average molecular weight is 267 g/mol. The first kappa shape index (κ1) is 14.4. The van der Waals surface area contributed by atoms with Gasteiger partial charge in [-0.15, -0.1) is 0 Å². The summed E-state index contributed by atoms with van der Waals surface area (Å²) in [6.07, 6.45) is -2.52. The largest absolute Gasteiger partial charge is 0.395 e. The molecule has 106 valence electrons. The fourth-order valence-electron chi connectivity index (χ4n) is 2.55. The molecule has 1 heterocycles. The summed E-state index contributed by atoms with van der Waals surface area (Å²) < 4.78 is 0. The van der Waals surface area contributed by atoms with Crippen LogP contribution < -0.4 is 0 Å². The molecule has 0 bridgehead atoms. The van der Waals surface area contributed by atoms with E-state index in [4.69, 9.17) is 0 Å². The van der Waals surface area contributed by atoms with Crippen molar-refractivity contribution in [3.05, 3.63) is 35.9 Å². The normalized spacial score (nSPS) is 32.4. The van der Waals surface area contributed by atoms with Crippen molar-refractivity contribution in [3.63, 3.8) is 0 Å². The van der Waals surface area contributed by atoms with Crippen molar-refractivity contribution in [1.82, 2.24) is 4.90 Å². The summed E-state index contributed by atoms with van der Waals surface area (Å²) in [7, 11) is 0. The van der Waals surface area contributed by atoms with E-state index in [1.165, 1.54) is 0 Å². The number of likely N-dealkylation sites (tertiary alicyclic amines) is 1. The lowest BCUT2D eigenvalue weighted by molar-refractivity contribution is -0.144. The number of piperidine rings is 1. The monoisotopic (exact) mass is 267 g/mol. The average Bonchev–Trinajstić information content (AvgIpc) is 2.44. The van der Waals surface area contributed by atoms with Crippen molar-refractivity contribution in [3.8, 4) is 0 Å². The van der Waals surface area contributed by atoms with Crippen LogP contribution >= 0.6 is 0 Å². The van der Waals surface area contributed by atoms with Gasteiger partial charge in [-0.1, -0.05) is 30.3 Å². The smallest absolute Gasteiger partial charge is 0.109 e. The Morgan fingerprint density at radius 3 is 2.37 bits per heavy atom. The molecule has 0 aliphatic carbocycles. The van der Waals surface area contributed by atoms with Crippen LogP contribution in [0.25, 0.3) is 0 Å². The molecule has 1 fully saturated rings. The minimum absolute atomic E-state index is 0.236. The van der Waals surface area contributed by atoms with Crippen LogP contribution in [0.15, 0.2) is 30.3 Å². The van der Waals surface area contributed by atoms with Crippen molar-refractivity contribution < 1.29 is 20.4 Å². The molecule has 4 atom stereocenters. The molecule has 0 amide bonds. The van der Waals surface area contributed by atoms with Crippen LogP contribution in [0.3, 0.4) is 0 Å². The predicted octanol–water partition coefficient (Wildman–Crippen LogP) is -1.01. The van der Waals surface area contributed by atoms with E-state index in [9.17, 15) is 20.4 Å². The molecule has 0 aromatic heterocycles. The zero-order valence-electron chi connectivity index (χ0n) is 10.8. The molecular formula is C14H21NO4. The lowest BCUT2D eigenvalue weighted by Gasteiger charge is -2.43. The topological polar surface area (TPSA) is 84.2 Å². The van der Waals surface area contributed by atoms with E-state index < -0.39 is 24.4 Å². The Morgan fingerprint density at radius 1 is 1.05 bits per heavy atom. The summed E-state index contributed by atoms with van der Waals surface area (Å²) in [5.41, 5.74) is 1.16. The van der Waals surface area contributed by atoms with Crippen LogP contribution in [0.5, 0.6) is 0 Å². The van der Waals surface area contributed by atoms with Gasteiger partial charge in [-0.25, -0.2) is 0 Å². The standard InChI is InChI=1S/C14H21NO4/c16-9-11-13(18)14(19)12(17)8-15(11)7-6-10-4-2-1-3-5-10/h1-5,11-14,16-19H,6-9H2/t11-,12+,13-,14-/m1/s1. The molecule has 0 unspecified atom stereocenters.